The minimum absolute atomic E-state index is 0.0421. The van der Waals surface area contributed by atoms with Crippen molar-refractivity contribution < 1.29 is 9.59 Å². The van der Waals surface area contributed by atoms with E-state index in [-0.39, 0.29) is 11.5 Å². The lowest BCUT2D eigenvalue weighted by atomic mass is 10.2. The molecular weight excluding hydrogens is 304 g/mol. The number of anilines is 2. The lowest BCUT2D eigenvalue weighted by Crippen LogP contribution is -2.26. The predicted octanol–water partition coefficient (Wildman–Crippen LogP) is 2.21. The molecular formula is C15H17ClN4O2. The Kier molecular flexibility index (Phi) is 7.51. The molecule has 0 saturated carbocycles. The highest BCUT2D eigenvalue weighted by Gasteiger charge is 2.07. The normalized spacial score (nSPS) is 10.5. The van der Waals surface area contributed by atoms with Crippen LogP contribution in [0.1, 0.15) is 13.3 Å². The number of alkyl halides is 1. The third kappa shape index (κ3) is 6.29. The first-order chi connectivity index (χ1) is 10.6. The number of hydrogen-bond acceptors (Lipinski definition) is 4. The zero-order chi connectivity index (χ0) is 16.4. The maximum Gasteiger partial charge on any atom is 0.263 e. The number of hydrogen-bond donors (Lipinski definition) is 3. The van der Waals surface area contributed by atoms with Crippen molar-refractivity contribution in [2.75, 3.05) is 23.1 Å². The van der Waals surface area contributed by atoms with Crippen molar-refractivity contribution in [3.63, 3.8) is 0 Å². The number of nitrogens with one attached hydrogen (secondary N) is 3. The van der Waals surface area contributed by atoms with Crippen LogP contribution in [0.5, 0.6) is 0 Å². The summed E-state index contributed by atoms with van der Waals surface area (Å²) in [5.74, 6) is -0.192. The zero-order valence-electron chi connectivity index (χ0n) is 12.1. The van der Waals surface area contributed by atoms with E-state index in [0.29, 0.717) is 30.2 Å². The quantitative estimate of drug-likeness (QED) is 0.311. The Balaban J connectivity index is 2.70. The van der Waals surface area contributed by atoms with Crippen molar-refractivity contribution in [1.82, 2.24) is 5.32 Å². The van der Waals surface area contributed by atoms with E-state index in [1.54, 1.807) is 24.3 Å². The third-order valence-corrected chi connectivity index (χ3v) is 2.79. The molecule has 0 bridgehead atoms. The fourth-order valence-electron chi connectivity index (χ4n) is 1.56. The first-order valence-corrected chi connectivity index (χ1v) is 7.19. The number of carbonyl (C=O) groups excluding carboxylic acids is 2. The van der Waals surface area contributed by atoms with Gasteiger partial charge >= 0.3 is 0 Å². The van der Waals surface area contributed by atoms with Gasteiger partial charge in [-0.15, -0.1) is 11.6 Å². The van der Waals surface area contributed by atoms with E-state index in [0.717, 1.165) is 0 Å². The highest BCUT2D eigenvalue weighted by atomic mass is 35.5. The van der Waals surface area contributed by atoms with Crippen molar-refractivity contribution in [2.24, 2.45) is 0 Å². The second-order valence-corrected chi connectivity index (χ2v) is 4.75. The molecule has 0 aliphatic carbocycles. The maximum absolute atomic E-state index is 11.7. The summed E-state index contributed by atoms with van der Waals surface area (Å²) in [6.07, 6.45) is 1.96. The van der Waals surface area contributed by atoms with Gasteiger partial charge in [-0.3, -0.25) is 9.59 Å². The summed E-state index contributed by atoms with van der Waals surface area (Å²) in [4.78, 5) is 22.7. The third-order valence-electron chi connectivity index (χ3n) is 2.53. The average Bonchev–Trinajstić information content (AvgIpc) is 2.48. The van der Waals surface area contributed by atoms with Gasteiger partial charge in [0.05, 0.1) is 0 Å². The number of rotatable bonds is 7. The summed E-state index contributed by atoms with van der Waals surface area (Å²) in [7, 11) is 0. The molecule has 116 valence electrons. The van der Waals surface area contributed by atoms with Crippen molar-refractivity contribution in [1.29, 1.82) is 5.26 Å². The molecule has 0 fully saturated rings. The largest absolute Gasteiger partial charge is 0.360 e. The number of benzene rings is 1. The minimum Gasteiger partial charge on any atom is -0.360 e. The fraction of sp³-hybridized carbons (Fsp3) is 0.267. The highest BCUT2D eigenvalue weighted by Crippen LogP contribution is 2.15. The Morgan fingerprint density at radius 2 is 2.09 bits per heavy atom. The van der Waals surface area contributed by atoms with Gasteiger partial charge in [0.15, 0.2) is 0 Å². The Morgan fingerprint density at radius 3 is 2.73 bits per heavy atom. The van der Waals surface area contributed by atoms with Crippen LogP contribution in [0.2, 0.25) is 0 Å². The summed E-state index contributed by atoms with van der Waals surface area (Å²) >= 11 is 5.52. The number of nitrogens with zero attached hydrogens (tertiary/aromatic N) is 1. The van der Waals surface area contributed by atoms with Gasteiger partial charge in [0.2, 0.25) is 5.91 Å². The van der Waals surface area contributed by atoms with E-state index in [4.69, 9.17) is 16.9 Å². The topological polar surface area (TPSA) is 94.0 Å². The van der Waals surface area contributed by atoms with Crippen LogP contribution in [-0.2, 0) is 9.59 Å². The van der Waals surface area contributed by atoms with Crippen molar-refractivity contribution >= 4 is 34.8 Å². The molecule has 0 aliphatic rings. The maximum atomic E-state index is 11.7. The smallest absolute Gasteiger partial charge is 0.263 e. The summed E-state index contributed by atoms with van der Waals surface area (Å²) in [5.41, 5.74) is 1.23. The van der Waals surface area contributed by atoms with Crippen molar-refractivity contribution in [3.05, 3.63) is 36.0 Å². The number of amides is 2. The van der Waals surface area contributed by atoms with E-state index in [1.807, 2.05) is 6.07 Å². The molecule has 3 N–H and O–H groups in total. The van der Waals surface area contributed by atoms with Crippen LogP contribution in [-0.4, -0.2) is 24.2 Å². The van der Waals surface area contributed by atoms with E-state index in [2.05, 4.69) is 16.0 Å². The summed E-state index contributed by atoms with van der Waals surface area (Å²) in [6.45, 7) is 1.83. The SMILES string of the molecule is CC(=O)Nc1cccc(N/C=C(/C#N)C(=O)NCCCCl)c1. The molecule has 7 heteroatoms. The van der Waals surface area contributed by atoms with Gasteiger partial charge in [-0.05, 0) is 24.6 Å². The van der Waals surface area contributed by atoms with Crippen LogP contribution in [0.3, 0.4) is 0 Å². The van der Waals surface area contributed by atoms with Gasteiger partial charge in [-0.1, -0.05) is 6.07 Å². The number of carbonyl (C=O) groups is 2. The fourth-order valence-corrected chi connectivity index (χ4v) is 1.69. The standard InChI is InChI=1S/C15H17ClN4O2/c1-11(21)20-14-5-2-4-13(8-14)19-10-12(9-17)15(22)18-7-3-6-16/h2,4-5,8,10,19H,3,6-7H2,1H3,(H,18,22)(H,20,21)/b12-10-. The Morgan fingerprint density at radius 1 is 1.36 bits per heavy atom. The molecule has 1 aromatic carbocycles. The zero-order valence-corrected chi connectivity index (χ0v) is 12.9. The van der Waals surface area contributed by atoms with Gasteiger partial charge in [-0.2, -0.15) is 5.26 Å². The Labute approximate surface area is 134 Å². The molecule has 22 heavy (non-hydrogen) atoms. The van der Waals surface area contributed by atoms with E-state index in [9.17, 15) is 9.59 Å². The first kappa shape index (κ1) is 17.5. The van der Waals surface area contributed by atoms with Gasteiger partial charge in [-0.25, -0.2) is 0 Å². The Bertz CT molecular complexity index is 608. The molecule has 0 spiro atoms. The van der Waals surface area contributed by atoms with Gasteiger partial charge in [0.25, 0.3) is 5.91 Å². The second-order valence-electron chi connectivity index (χ2n) is 4.37. The molecule has 2 amide bonds. The van der Waals surface area contributed by atoms with Crippen molar-refractivity contribution in [3.8, 4) is 6.07 Å². The molecule has 0 atom stereocenters. The molecule has 0 aliphatic heterocycles. The average molecular weight is 321 g/mol. The molecule has 1 rings (SSSR count). The van der Waals surface area contributed by atoms with Crippen molar-refractivity contribution in [2.45, 2.75) is 13.3 Å². The number of nitriles is 1. The molecule has 1 aromatic rings. The van der Waals surface area contributed by atoms with Gasteiger partial charge in [0.1, 0.15) is 11.6 Å². The molecule has 0 unspecified atom stereocenters. The van der Waals surface area contributed by atoms with E-state index in [1.165, 1.54) is 13.1 Å². The molecule has 6 nitrogen and oxygen atoms in total. The lowest BCUT2D eigenvalue weighted by Gasteiger charge is -2.06. The Hall–Kier alpha value is -2.52. The molecule has 0 saturated heterocycles. The summed E-state index contributed by atoms with van der Waals surface area (Å²) < 4.78 is 0. The summed E-state index contributed by atoms with van der Waals surface area (Å²) in [6, 6.07) is 8.76. The van der Waals surface area contributed by atoms with Crippen LogP contribution < -0.4 is 16.0 Å². The summed E-state index contributed by atoms with van der Waals surface area (Å²) in [5, 5.41) is 17.1. The van der Waals surface area contributed by atoms with E-state index >= 15 is 0 Å². The van der Waals surface area contributed by atoms with Gasteiger partial charge in [0, 0.05) is 36.9 Å². The molecule has 0 radical (unpaired) electrons. The minimum atomic E-state index is -0.460. The second kappa shape index (κ2) is 9.42. The first-order valence-electron chi connectivity index (χ1n) is 6.65. The van der Waals surface area contributed by atoms with Crippen LogP contribution in [0.15, 0.2) is 36.0 Å². The van der Waals surface area contributed by atoms with Crippen LogP contribution in [0.25, 0.3) is 0 Å². The van der Waals surface area contributed by atoms with Gasteiger partial charge < -0.3 is 16.0 Å². The molecule has 0 heterocycles. The molecule has 0 aromatic heterocycles. The predicted molar refractivity (Wildman–Crippen MR) is 86.4 cm³/mol. The highest BCUT2D eigenvalue weighted by molar-refractivity contribution is 6.17. The lowest BCUT2D eigenvalue weighted by molar-refractivity contribution is -0.117. The van der Waals surface area contributed by atoms with E-state index < -0.39 is 5.91 Å². The number of halogens is 1. The van der Waals surface area contributed by atoms with Crippen LogP contribution in [0, 0.1) is 11.3 Å². The van der Waals surface area contributed by atoms with Crippen LogP contribution >= 0.6 is 11.6 Å². The monoisotopic (exact) mass is 320 g/mol. The van der Waals surface area contributed by atoms with Crippen LogP contribution in [0.4, 0.5) is 11.4 Å².